The molecule has 0 bridgehead atoms. The summed E-state index contributed by atoms with van der Waals surface area (Å²) in [6, 6.07) is 14.7. The fourth-order valence-electron chi connectivity index (χ4n) is 1.98. The van der Waals surface area contributed by atoms with Crippen LogP contribution in [0, 0.1) is 11.3 Å². The number of hydrogen-bond acceptors (Lipinski definition) is 3. The molecular formula is C14H10N4O. The van der Waals surface area contributed by atoms with E-state index >= 15 is 0 Å². The molecule has 5 heteroatoms. The van der Waals surface area contributed by atoms with E-state index in [0.717, 1.165) is 5.56 Å². The third-order valence-electron chi connectivity index (χ3n) is 2.88. The predicted molar refractivity (Wildman–Crippen MR) is 69.7 cm³/mol. The smallest absolute Gasteiger partial charge is 0.250 e. The molecule has 0 aliphatic heterocycles. The molecule has 0 unspecified atom stereocenters. The molecule has 19 heavy (non-hydrogen) atoms. The van der Waals surface area contributed by atoms with Crippen LogP contribution >= 0.6 is 0 Å². The fraction of sp³-hybridized carbons (Fsp3) is 0.0714. The van der Waals surface area contributed by atoms with E-state index in [-0.39, 0.29) is 5.69 Å². The van der Waals surface area contributed by atoms with Gasteiger partial charge in [-0.25, -0.2) is 9.48 Å². The van der Waals surface area contributed by atoms with E-state index in [0.29, 0.717) is 17.8 Å². The first-order valence-electron chi connectivity index (χ1n) is 5.81. The van der Waals surface area contributed by atoms with Crippen LogP contribution in [0.4, 0.5) is 0 Å². The minimum atomic E-state index is -0.182. The molecule has 1 aromatic carbocycles. The molecule has 0 aliphatic rings. The van der Waals surface area contributed by atoms with Crippen LogP contribution in [0.2, 0.25) is 0 Å². The molecule has 0 saturated carbocycles. The molecule has 0 aliphatic carbocycles. The van der Waals surface area contributed by atoms with Gasteiger partial charge in [-0.3, -0.25) is 4.40 Å². The maximum absolute atomic E-state index is 12.1. The number of hydrogen-bond donors (Lipinski definition) is 0. The van der Waals surface area contributed by atoms with Gasteiger partial charge in [-0.15, -0.1) is 5.10 Å². The van der Waals surface area contributed by atoms with E-state index in [9.17, 15) is 4.79 Å². The topological polar surface area (TPSA) is 63.1 Å². The summed E-state index contributed by atoms with van der Waals surface area (Å²) in [6.07, 6.45) is 1.69. The third-order valence-corrected chi connectivity index (χ3v) is 2.88. The zero-order valence-corrected chi connectivity index (χ0v) is 10.0. The summed E-state index contributed by atoms with van der Waals surface area (Å²) in [5.41, 5.74) is 1.89. The van der Waals surface area contributed by atoms with Gasteiger partial charge in [0.15, 0.2) is 5.65 Å². The molecular weight excluding hydrogens is 240 g/mol. The minimum absolute atomic E-state index is 0.182. The second kappa shape index (κ2) is 4.42. The molecule has 0 radical (unpaired) electrons. The molecule has 92 valence electrons. The van der Waals surface area contributed by atoms with E-state index in [1.807, 2.05) is 12.1 Å². The molecule has 0 amide bonds. The van der Waals surface area contributed by atoms with Gasteiger partial charge in [-0.1, -0.05) is 18.2 Å². The molecule has 3 aromatic rings. The van der Waals surface area contributed by atoms with Crippen molar-refractivity contribution in [3.8, 4) is 6.07 Å². The second-order valence-electron chi connectivity index (χ2n) is 4.18. The fourth-order valence-corrected chi connectivity index (χ4v) is 1.98. The standard InChI is InChI=1S/C14H10N4O/c15-9-11-4-3-5-12(8-11)10-18-14(19)17-7-2-1-6-13(17)16-18/h1-8H,10H2. The lowest BCUT2D eigenvalue weighted by Crippen LogP contribution is -2.21. The maximum Gasteiger partial charge on any atom is 0.350 e. The lowest BCUT2D eigenvalue weighted by Gasteiger charge is -2.00. The van der Waals surface area contributed by atoms with E-state index in [1.165, 1.54) is 9.08 Å². The quantitative estimate of drug-likeness (QED) is 0.691. The number of rotatable bonds is 2. The van der Waals surface area contributed by atoms with Gasteiger partial charge in [0.05, 0.1) is 18.2 Å². The Bertz CT molecular complexity index is 838. The summed E-state index contributed by atoms with van der Waals surface area (Å²) < 4.78 is 2.89. The minimum Gasteiger partial charge on any atom is -0.250 e. The van der Waals surface area contributed by atoms with Gasteiger partial charge in [-0.2, -0.15) is 5.26 Å². The number of fused-ring (bicyclic) bond motifs is 1. The third kappa shape index (κ3) is 2.00. The Kier molecular flexibility index (Phi) is 2.62. The Balaban J connectivity index is 2.04. The Morgan fingerprint density at radius 3 is 2.89 bits per heavy atom. The lowest BCUT2D eigenvalue weighted by molar-refractivity contribution is 0.658. The van der Waals surface area contributed by atoms with Gasteiger partial charge >= 0.3 is 5.69 Å². The van der Waals surface area contributed by atoms with Crippen molar-refractivity contribution in [1.82, 2.24) is 14.2 Å². The van der Waals surface area contributed by atoms with Crippen molar-refractivity contribution in [2.45, 2.75) is 6.54 Å². The van der Waals surface area contributed by atoms with Gasteiger partial charge in [0, 0.05) is 6.20 Å². The highest BCUT2D eigenvalue weighted by atomic mass is 16.2. The van der Waals surface area contributed by atoms with E-state index < -0.39 is 0 Å². The van der Waals surface area contributed by atoms with Crippen LogP contribution in [0.5, 0.6) is 0 Å². The summed E-state index contributed by atoms with van der Waals surface area (Å²) in [4.78, 5) is 12.1. The first kappa shape index (κ1) is 11.2. The first-order valence-corrected chi connectivity index (χ1v) is 5.81. The Morgan fingerprint density at radius 1 is 1.21 bits per heavy atom. The SMILES string of the molecule is N#Cc1cccc(Cn2nc3ccccn3c2=O)c1. The Hall–Kier alpha value is -2.87. The van der Waals surface area contributed by atoms with Crippen LogP contribution in [0.15, 0.2) is 53.5 Å². The largest absolute Gasteiger partial charge is 0.350 e. The highest BCUT2D eigenvalue weighted by molar-refractivity contribution is 5.36. The summed E-state index contributed by atoms with van der Waals surface area (Å²) >= 11 is 0. The molecule has 0 fully saturated rings. The molecule has 0 atom stereocenters. The highest BCUT2D eigenvalue weighted by Crippen LogP contribution is 2.05. The normalized spacial score (nSPS) is 10.5. The van der Waals surface area contributed by atoms with E-state index in [2.05, 4.69) is 11.2 Å². The van der Waals surface area contributed by atoms with Gasteiger partial charge in [0.2, 0.25) is 0 Å². The van der Waals surface area contributed by atoms with Crippen LogP contribution in [-0.2, 0) is 6.54 Å². The molecule has 0 N–H and O–H groups in total. The van der Waals surface area contributed by atoms with E-state index in [1.54, 1.807) is 36.5 Å². The Labute approximate surface area is 109 Å². The zero-order chi connectivity index (χ0) is 13.2. The maximum atomic E-state index is 12.1. The molecule has 2 heterocycles. The van der Waals surface area contributed by atoms with Gasteiger partial charge in [0.25, 0.3) is 0 Å². The molecule has 3 rings (SSSR count). The summed E-state index contributed by atoms with van der Waals surface area (Å²) in [5, 5.41) is 13.1. The number of benzene rings is 1. The monoisotopic (exact) mass is 250 g/mol. The molecule has 0 saturated heterocycles. The average molecular weight is 250 g/mol. The lowest BCUT2D eigenvalue weighted by atomic mass is 10.1. The first-order chi connectivity index (χ1) is 9.28. The van der Waals surface area contributed by atoms with Crippen molar-refractivity contribution in [2.24, 2.45) is 0 Å². The Morgan fingerprint density at radius 2 is 2.11 bits per heavy atom. The van der Waals surface area contributed by atoms with Crippen LogP contribution in [0.25, 0.3) is 5.65 Å². The van der Waals surface area contributed by atoms with Gasteiger partial charge in [-0.05, 0) is 29.8 Å². The van der Waals surface area contributed by atoms with E-state index in [4.69, 9.17) is 5.26 Å². The number of aromatic nitrogens is 3. The van der Waals surface area contributed by atoms with Crippen molar-refractivity contribution in [1.29, 1.82) is 5.26 Å². The van der Waals surface area contributed by atoms with Crippen LogP contribution in [-0.4, -0.2) is 14.2 Å². The second-order valence-corrected chi connectivity index (χ2v) is 4.18. The summed E-state index contributed by atoms with van der Waals surface area (Å²) in [7, 11) is 0. The van der Waals surface area contributed by atoms with Crippen molar-refractivity contribution >= 4 is 5.65 Å². The van der Waals surface area contributed by atoms with Crippen molar-refractivity contribution in [2.75, 3.05) is 0 Å². The van der Waals surface area contributed by atoms with Crippen molar-refractivity contribution < 1.29 is 0 Å². The number of pyridine rings is 1. The van der Waals surface area contributed by atoms with Crippen LogP contribution in [0.3, 0.4) is 0 Å². The summed E-state index contributed by atoms with van der Waals surface area (Å²) in [5.74, 6) is 0. The summed E-state index contributed by atoms with van der Waals surface area (Å²) in [6.45, 7) is 0.357. The van der Waals surface area contributed by atoms with Crippen molar-refractivity contribution in [3.05, 3.63) is 70.3 Å². The molecule has 2 aromatic heterocycles. The average Bonchev–Trinajstić information content (AvgIpc) is 2.76. The van der Waals surface area contributed by atoms with Gasteiger partial charge in [0.1, 0.15) is 0 Å². The van der Waals surface area contributed by atoms with Gasteiger partial charge < -0.3 is 0 Å². The van der Waals surface area contributed by atoms with Crippen LogP contribution in [0.1, 0.15) is 11.1 Å². The highest BCUT2D eigenvalue weighted by Gasteiger charge is 2.06. The zero-order valence-electron chi connectivity index (χ0n) is 10.0. The van der Waals surface area contributed by atoms with Crippen molar-refractivity contribution in [3.63, 3.8) is 0 Å². The number of nitrogens with zero attached hydrogens (tertiary/aromatic N) is 4. The predicted octanol–water partition coefficient (Wildman–Crippen LogP) is 1.42. The molecule has 5 nitrogen and oxygen atoms in total. The number of nitriles is 1. The molecule has 0 spiro atoms. The van der Waals surface area contributed by atoms with Crippen LogP contribution < -0.4 is 5.69 Å².